The van der Waals surface area contributed by atoms with E-state index in [0.29, 0.717) is 23.4 Å². The van der Waals surface area contributed by atoms with Crippen molar-refractivity contribution >= 4 is 33.7 Å². The average Bonchev–Trinajstić information content (AvgIpc) is 2.44. The molecule has 140 valence electrons. The Morgan fingerprint density at radius 2 is 1.72 bits per heavy atom. The van der Waals surface area contributed by atoms with E-state index in [0.717, 1.165) is 5.56 Å². The van der Waals surface area contributed by atoms with Crippen molar-refractivity contribution in [2.75, 3.05) is 24.6 Å². The van der Waals surface area contributed by atoms with Crippen LogP contribution in [0.5, 0.6) is 0 Å². The summed E-state index contributed by atoms with van der Waals surface area (Å²) in [5, 5.41) is 11.1. The number of sulfonamides is 1. The molecule has 0 aromatic heterocycles. The van der Waals surface area contributed by atoms with Gasteiger partial charge in [-0.2, -0.15) is 0 Å². The zero-order chi connectivity index (χ0) is 19.0. The van der Waals surface area contributed by atoms with Crippen molar-refractivity contribution in [3.8, 4) is 0 Å². The summed E-state index contributed by atoms with van der Waals surface area (Å²) in [7, 11) is -3.67. The van der Waals surface area contributed by atoms with Crippen molar-refractivity contribution in [1.29, 1.82) is 0 Å². The molecule has 0 aliphatic heterocycles. The Labute approximate surface area is 152 Å². The third-order valence-electron chi connectivity index (χ3n) is 3.31. The fourth-order valence-electron chi connectivity index (χ4n) is 2.47. The first-order chi connectivity index (χ1) is 11.6. The van der Waals surface area contributed by atoms with E-state index in [1.165, 1.54) is 11.8 Å². The van der Waals surface area contributed by atoms with Crippen molar-refractivity contribution in [1.82, 2.24) is 10.0 Å². The first-order valence-corrected chi connectivity index (χ1v) is 10.4. The molecule has 1 rings (SSSR count). The van der Waals surface area contributed by atoms with Crippen LogP contribution < -0.4 is 10.0 Å². The summed E-state index contributed by atoms with van der Waals surface area (Å²) in [6.07, 6.45) is 0.0206. The van der Waals surface area contributed by atoms with Gasteiger partial charge in [0.05, 0.1) is 10.6 Å². The minimum Gasteiger partial charge on any atom is -0.481 e. The van der Waals surface area contributed by atoms with E-state index in [1.54, 1.807) is 13.8 Å². The van der Waals surface area contributed by atoms with Crippen LogP contribution in [0.2, 0.25) is 0 Å². The summed E-state index contributed by atoms with van der Waals surface area (Å²) in [4.78, 5) is 22.3. The number of amides is 1. The monoisotopic (exact) mass is 388 g/mol. The molecule has 0 atom stereocenters. The number of carbonyl (C=O) groups excluding carboxylic acids is 1. The average molecular weight is 389 g/mol. The molecule has 9 heteroatoms. The number of benzene rings is 1. The number of rotatable bonds is 10. The highest BCUT2D eigenvalue weighted by atomic mass is 32.2. The van der Waals surface area contributed by atoms with Gasteiger partial charge in [-0.15, -0.1) is 11.8 Å². The van der Waals surface area contributed by atoms with Crippen molar-refractivity contribution in [3.05, 3.63) is 28.8 Å². The Morgan fingerprint density at radius 1 is 1.12 bits per heavy atom. The van der Waals surface area contributed by atoms with Gasteiger partial charge in [-0.3, -0.25) is 9.59 Å². The first-order valence-electron chi connectivity index (χ1n) is 7.77. The van der Waals surface area contributed by atoms with Crippen LogP contribution in [0.1, 0.15) is 23.1 Å². The Bertz CT molecular complexity index is 709. The standard InChI is InChI=1S/C16H24N2O5S2/c1-11-8-12(2)16(13(3)9-11)25(22,23)18-5-4-14(19)17-6-7-24-10-15(20)21/h8-9,18H,4-7,10H2,1-3H3,(H,17,19)(H,20,21). The lowest BCUT2D eigenvalue weighted by Crippen LogP contribution is -2.32. The molecule has 7 nitrogen and oxygen atoms in total. The van der Waals surface area contributed by atoms with Crippen molar-refractivity contribution in [2.45, 2.75) is 32.1 Å². The third kappa shape index (κ3) is 7.45. The Morgan fingerprint density at radius 3 is 2.28 bits per heavy atom. The summed E-state index contributed by atoms with van der Waals surface area (Å²) in [5.74, 6) is -0.695. The van der Waals surface area contributed by atoms with Crippen LogP contribution in [0.3, 0.4) is 0 Å². The number of nitrogens with one attached hydrogen (secondary N) is 2. The highest BCUT2D eigenvalue weighted by molar-refractivity contribution is 7.99. The van der Waals surface area contributed by atoms with E-state index in [-0.39, 0.29) is 29.5 Å². The lowest BCUT2D eigenvalue weighted by Gasteiger charge is -2.13. The molecule has 1 aromatic carbocycles. The lowest BCUT2D eigenvalue weighted by atomic mass is 10.1. The Hall–Kier alpha value is -1.58. The fourth-order valence-corrected chi connectivity index (χ4v) is 4.52. The molecule has 3 N–H and O–H groups in total. The summed E-state index contributed by atoms with van der Waals surface area (Å²) in [5.41, 5.74) is 2.34. The lowest BCUT2D eigenvalue weighted by molar-refractivity contribution is -0.133. The van der Waals surface area contributed by atoms with Crippen molar-refractivity contribution in [2.24, 2.45) is 0 Å². The topological polar surface area (TPSA) is 113 Å². The van der Waals surface area contributed by atoms with Crippen LogP contribution in [0, 0.1) is 20.8 Å². The van der Waals surface area contributed by atoms with Crippen LogP contribution in [-0.4, -0.2) is 50.0 Å². The highest BCUT2D eigenvalue weighted by Gasteiger charge is 2.19. The molecule has 0 unspecified atom stereocenters. The number of carbonyl (C=O) groups is 2. The molecule has 0 aliphatic carbocycles. The highest BCUT2D eigenvalue weighted by Crippen LogP contribution is 2.21. The number of aliphatic carboxylic acids is 1. The van der Waals surface area contributed by atoms with Crippen molar-refractivity contribution < 1.29 is 23.1 Å². The predicted octanol–water partition coefficient (Wildman–Crippen LogP) is 1.21. The Kier molecular flexibility index (Phi) is 8.40. The molecule has 25 heavy (non-hydrogen) atoms. The van der Waals surface area contributed by atoms with Gasteiger partial charge in [0.1, 0.15) is 0 Å². The van der Waals surface area contributed by atoms with Gasteiger partial charge in [-0.1, -0.05) is 17.7 Å². The molecular formula is C16H24N2O5S2. The van der Waals surface area contributed by atoms with Crippen LogP contribution in [-0.2, 0) is 19.6 Å². The van der Waals surface area contributed by atoms with Gasteiger partial charge >= 0.3 is 5.97 Å². The van der Waals surface area contributed by atoms with Gasteiger partial charge in [-0.05, 0) is 31.9 Å². The number of carboxylic acid groups (broad SMARTS) is 1. The smallest absolute Gasteiger partial charge is 0.313 e. The summed E-state index contributed by atoms with van der Waals surface area (Å²) in [6, 6.07) is 3.62. The van der Waals surface area contributed by atoms with E-state index in [9.17, 15) is 18.0 Å². The summed E-state index contributed by atoms with van der Waals surface area (Å²) >= 11 is 1.21. The SMILES string of the molecule is Cc1cc(C)c(S(=O)(=O)NCCC(=O)NCCSCC(=O)O)c(C)c1. The van der Waals surface area contributed by atoms with Gasteiger partial charge in [0.15, 0.2) is 0 Å². The second-order valence-corrected chi connectivity index (χ2v) is 8.48. The van der Waals surface area contributed by atoms with E-state index in [4.69, 9.17) is 5.11 Å². The molecule has 0 aliphatic rings. The number of hydrogen-bond donors (Lipinski definition) is 3. The minimum absolute atomic E-state index is 0.00317. The molecule has 0 bridgehead atoms. The second-order valence-electron chi connectivity index (χ2n) is 5.67. The van der Waals surface area contributed by atoms with Gasteiger partial charge in [0.25, 0.3) is 0 Å². The second kappa shape index (κ2) is 9.79. The largest absolute Gasteiger partial charge is 0.481 e. The number of carboxylic acids is 1. The van der Waals surface area contributed by atoms with Crippen LogP contribution in [0.4, 0.5) is 0 Å². The van der Waals surface area contributed by atoms with Crippen LogP contribution in [0.25, 0.3) is 0 Å². The van der Waals surface area contributed by atoms with Gasteiger partial charge in [0.2, 0.25) is 15.9 Å². The van der Waals surface area contributed by atoms with E-state index in [1.807, 2.05) is 19.1 Å². The molecule has 0 saturated carbocycles. The van der Waals surface area contributed by atoms with Gasteiger partial charge in [0, 0.05) is 25.3 Å². The van der Waals surface area contributed by atoms with E-state index < -0.39 is 16.0 Å². The van der Waals surface area contributed by atoms with Crippen LogP contribution >= 0.6 is 11.8 Å². The summed E-state index contributed by atoms with van der Waals surface area (Å²) in [6.45, 7) is 5.75. The number of aryl methyl sites for hydroxylation is 3. The molecule has 1 amide bonds. The fraction of sp³-hybridized carbons (Fsp3) is 0.500. The molecule has 0 fully saturated rings. The maximum Gasteiger partial charge on any atom is 0.313 e. The maximum atomic E-state index is 12.4. The zero-order valence-electron chi connectivity index (χ0n) is 14.6. The van der Waals surface area contributed by atoms with Crippen molar-refractivity contribution in [3.63, 3.8) is 0 Å². The molecule has 0 saturated heterocycles. The molecular weight excluding hydrogens is 364 g/mol. The first kappa shape index (κ1) is 21.5. The summed E-state index contributed by atoms with van der Waals surface area (Å²) < 4.78 is 27.3. The number of hydrogen-bond acceptors (Lipinski definition) is 5. The minimum atomic E-state index is -3.67. The predicted molar refractivity (Wildman–Crippen MR) is 98.4 cm³/mol. The van der Waals surface area contributed by atoms with Crippen LogP contribution in [0.15, 0.2) is 17.0 Å². The normalized spacial score (nSPS) is 11.3. The molecule has 0 radical (unpaired) electrons. The van der Waals surface area contributed by atoms with E-state index in [2.05, 4.69) is 10.0 Å². The van der Waals surface area contributed by atoms with Gasteiger partial charge < -0.3 is 10.4 Å². The maximum absolute atomic E-state index is 12.4. The molecule has 0 heterocycles. The number of thioether (sulfide) groups is 1. The Balaban J connectivity index is 2.45. The third-order valence-corrected chi connectivity index (χ3v) is 6.02. The molecule has 1 aromatic rings. The van der Waals surface area contributed by atoms with E-state index >= 15 is 0 Å². The van der Waals surface area contributed by atoms with Gasteiger partial charge in [-0.25, -0.2) is 13.1 Å². The molecule has 0 spiro atoms. The zero-order valence-corrected chi connectivity index (χ0v) is 16.2. The quantitative estimate of drug-likeness (QED) is 0.520.